The first kappa shape index (κ1) is 22.5. The van der Waals surface area contributed by atoms with Crippen LogP contribution in [0.4, 0.5) is 4.79 Å². The van der Waals surface area contributed by atoms with Crippen LogP contribution in [0.3, 0.4) is 0 Å². The summed E-state index contributed by atoms with van der Waals surface area (Å²) < 4.78 is 0. The van der Waals surface area contributed by atoms with Gasteiger partial charge in [-0.25, -0.2) is 4.79 Å². The number of amides is 2. The number of nitrogens with zero attached hydrogens (tertiary/aromatic N) is 5. The molecular formula is C26H32N6O2. The van der Waals surface area contributed by atoms with Crippen LogP contribution < -0.4 is 0 Å². The van der Waals surface area contributed by atoms with Crippen LogP contribution in [0.1, 0.15) is 54.8 Å². The maximum Gasteiger partial charge on any atom is 0.320 e. The minimum absolute atomic E-state index is 0.0699. The molecule has 0 aliphatic carbocycles. The van der Waals surface area contributed by atoms with Gasteiger partial charge in [-0.1, -0.05) is 31.2 Å². The second kappa shape index (κ2) is 9.93. The normalized spacial score (nSPS) is 21.6. The Labute approximate surface area is 200 Å². The summed E-state index contributed by atoms with van der Waals surface area (Å²) >= 11 is 0. The SMILES string of the molecule is CCc1ccc(C2CC(c3cc(-c4cnccn4)n[nH]3)CN(C(=O)N3CCC(O)CC3)C2)cc1. The molecule has 3 aromatic rings. The van der Waals surface area contributed by atoms with Crippen molar-refractivity contribution in [1.82, 2.24) is 30.0 Å². The number of carbonyl (C=O) groups is 1. The number of aliphatic hydroxyl groups excluding tert-OH is 1. The zero-order chi connectivity index (χ0) is 23.5. The number of aliphatic hydroxyl groups is 1. The average Bonchev–Trinajstić information content (AvgIpc) is 3.40. The summed E-state index contributed by atoms with van der Waals surface area (Å²) in [5.41, 5.74) is 5.09. The smallest absolute Gasteiger partial charge is 0.320 e. The molecule has 34 heavy (non-hydrogen) atoms. The topological polar surface area (TPSA) is 98.2 Å². The fourth-order valence-corrected chi connectivity index (χ4v) is 5.11. The molecule has 2 aromatic heterocycles. The van der Waals surface area contributed by atoms with E-state index in [0.717, 1.165) is 29.9 Å². The van der Waals surface area contributed by atoms with Gasteiger partial charge < -0.3 is 14.9 Å². The molecule has 1 aromatic carbocycles. The Bertz CT molecular complexity index is 1090. The largest absolute Gasteiger partial charge is 0.393 e. The van der Waals surface area contributed by atoms with E-state index in [1.807, 2.05) is 15.9 Å². The number of likely N-dealkylation sites (tertiary alicyclic amines) is 2. The van der Waals surface area contributed by atoms with E-state index in [1.54, 1.807) is 18.6 Å². The van der Waals surface area contributed by atoms with Crippen molar-refractivity contribution in [2.24, 2.45) is 0 Å². The first-order valence-electron chi connectivity index (χ1n) is 12.2. The van der Waals surface area contributed by atoms with E-state index in [-0.39, 0.29) is 24.0 Å². The summed E-state index contributed by atoms with van der Waals surface area (Å²) in [4.78, 5) is 25.9. The van der Waals surface area contributed by atoms with Gasteiger partial charge in [-0.2, -0.15) is 5.10 Å². The number of rotatable bonds is 4. The highest BCUT2D eigenvalue weighted by atomic mass is 16.3. The number of aryl methyl sites for hydroxylation is 1. The molecule has 0 saturated carbocycles. The van der Waals surface area contributed by atoms with E-state index >= 15 is 0 Å². The summed E-state index contributed by atoms with van der Waals surface area (Å²) in [7, 11) is 0. The molecule has 5 rings (SSSR count). The van der Waals surface area contributed by atoms with Gasteiger partial charge in [0.25, 0.3) is 0 Å². The fraction of sp³-hybridized carbons (Fsp3) is 0.462. The highest BCUT2D eigenvalue weighted by Gasteiger charge is 2.35. The summed E-state index contributed by atoms with van der Waals surface area (Å²) in [6, 6.07) is 10.9. The molecule has 0 spiro atoms. The lowest BCUT2D eigenvalue weighted by atomic mass is 9.82. The Morgan fingerprint density at radius 1 is 1.06 bits per heavy atom. The number of hydrogen-bond acceptors (Lipinski definition) is 5. The minimum Gasteiger partial charge on any atom is -0.393 e. The third-order valence-corrected chi connectivity index (χ3v) is 7.18. The molecule has 2 amide bonds. The molecule has 0 radical (unpaired) electrons. The standard InChI is InChI=1S/C26H32N6O2/c1-2-18-3-5-19(6-4-18)20-13-21(23-14-24(30-29-23)25-15-27-9-10-28-25)17-32(16-20)26(34)31-11-7-22(33)8-12-31/h3-6,9-10,14-15,20-22,33H,2,7-8,11-13,16-17H2,1H3,(H,29,30). The van der Waals surface area contributed by atoms with Crippen molar-refractivity contribution in [3.05, 3.63) is 65.7 Å². The zero-order valence-electron chi connectivity index (χ0n) is 19.6. The molecule has 2 aliphatic rings. The van der Waals surface area contributed by atoms with Gasteiger partial charge in [0.05, 0.1) is 12.3 Å². The molecule has 2 N–H and O–H groups in total. The van der Waals surface area contributed by atoms with Gasteiger partial charge in [0, 0.05) is 56.1 Å². The maximum atomic E-state index is 13.5. The molecule has 178 valence electrons. The van der Waals surface area contributed by atoms with Gasteiger partial charge in [0.15, 0.2) is 0 Å². The zero-order valence-corrected chi connectivity index (χ0v) is 19.6. The predicted octanol–water partition coefficient (Wildman–Crippen LogP) is 3.58. The highest BCUT2D eigenvalue weighted by molar-refractivity contribution is 5.75. The summed E-state index contributed by atoms with van der Waals surface area (Å²) in [5, 5.41) is 17.6. The van der Waals surface area contributed by atoms with Crippen molar-refractivity contribution in [2.75, 3.05) is 26.2 Å². The number of carbonyl (C=O) groups excluding carboxylic acids is 1. The summed E-state index contributed by atoms with van der Waals surface area (Å²) in [5.74, 6) is 0.383. The van der Waals surface area contributed by atoms with E-state index in [9.17, 15) is 9.90 Å². The third-order valence-electron chi connectivity index (χ3n) is 7.18. The summed E-state index contributed by atoms with van der Waals surface area (Å²) in [6.07, 6.45) is 7.96. The second-order valence-electron chi connectivity index (χ2n) is 9.43. The molecule has 2 fully saturated rings. The number of aromatic nitrogens is 4. The van der Waals surface area contributed by atoms with E-state index in [0.29, 0.717) is 39.0 Å². The lowest BCUT2D eigenvalue weighted by Crippen LogP contribution is -2.51. The first-order valence-corrected chi connectivity index (χ1v) is 12.2. The van der Waals surface area contributed by atoms with Crippen LogP contribution in [0.2, 0.25) is 0 Å². The molecule has 2 unspecified atom stereocenters. The van der Waals surface area contributed by atoms with Gasteiger partial charge in [-0.15, -0.1) is 0 Å². The summed E-state index contributed by atoms with van der Waals surface area (Å²) in [6.45, 7) is 4.72. The third kappa shape index (κ3) is 4.82. The Balaban J connectivity index is 1.40. The van der Waals surface area contributed by atoms with Gasteiger partial charge in [0.2, 0.25) is 0 Å². The quantitative estimate of drug-likeness (QED) is 0.620. The molecular weight excluding hydrogens is 428 g/mol. The molecule has 2 saturated heterocycles. The van der Waals surface area contributed by atoms with Crippen LogP contribution in [0.15, 0.2) is 48.9 Å². The van der Waals surface area contributed by atoms with Gasteiger partial charge in [-0.05, 0) is 42.9 Å². The van der Waals surface area contributed by atoms with Gasteiger partial charge in [-0.3, -0.25) is 15.1 Å². The lowest BCUT2D eigenvalue weighted by Gasteiger charge is -2.41. The number of piperidine rings is 2. The predicted molar refractivity (Wildman–Crippen MR) is 129 cm³/mol. The fourth-order valence-electron chi connectivity index (χ4n) is 5.11. The van der Waals surface area contributed by atoms with E-state index < -0.39 is 0 Å². The van der Waals surface area contributed by atoms with Crippen LogP contribution in [0.5, 0.6) is 0 Å². The molecule has 2 aliphatic heterocycles. The Kier molecular flexibility index (Phi) is 6.58. The van der Waals surface area contributed by atoms with Crippen molar-refractivity contribution < 1.29 is 9.90 Å². The average molecular weight is 461 g/mol. The van der Waals surface area contributed by atoms with E-state index in [2.05, 4.69) is 51.4 Å². The Morgan fingerprint density at radius 2 is 1.82 bits per heavy atom. The van der Waals surface area contributed by atoms with Crippen LogP contribution in [-0.4, -0.2) is 73.4 Å². The maximum absolute atomic E-state index is 13.5. The van der Waals surface area contributed by atoms with Crippen LogP contribution >= 0.6 is 0 Å². The van der Waals surface area contributed by atoms with E-state index in [1.165, 1.54) is 11.1 Å². The van der Waals surface area contributed by atoms with Crippen LogP contribution in [-0.2, 0) is 6.42 Å². The Hall–Kier alpha value is -3.26. The van der Waals surface area contributed by atoms with Crippen molar-refractivity contribution in [3.63, 3.8) is 0 Å². The highest BCUT2D eigenvalue weighted by Crippen LogP contribution is 2.36. The number of benzene rings is 1. The van der Waals surface area contributed by atoms with Gasteiger partial charge in [0.1, 0.15) is 11.4 Å². The second-order valence-corrected chi connectivity index (χ2v) is 9.43. The molecule has 8 heteroatoms. The van der Waals surface area contributed by atoms with E-state index in [4.69, 9.17) is 0 Å². The van der Waals surface area contributed by atoms with Crippen molar-refractivity contribution in [3.8, 4) is 11.4 Å². The monoisotopic (exact) mass is 460 g/mol. The first-order chi connectivity index (χ1) is 16.6. The number of H-pyrrole nitrogens is 1. The lowest BCUT2D eigenvalue weighted by molar-refractivity contribution is 0.0755. The Morgan fingerprint density at radius 3 is 2.53 bits per heavy atom. The number of aromatic amines is 1. The van der Waals surface area contributed by atoms with Gasteiger partial charge >= 0.3 is 6.03 Å². The van der Waals surface area contributed by atoms with Crippen LogP contribution in [0, 0.1) is 0 Å². The van der Waals surface area contributed by atoms with Crippen LogP contribution in [0.25, 0.3) is 11.4 Å². The van der Waals surface area contributed by atoms with Crippen molar-refractivity contribution >= 4 is 6.03 Å². The molecule has 0 bridgehead atoms. The number of nitrogens with one attached hydrogen (secondary N) is 1. The number of hydrogen-bond donors (Lipinski definition) is 2. The number of urea groups is 1. The molecule has 4 heterocycles. The van der Waals surface area contributed by atoms with Crippen molar-refractivity contribution in [1.29, 1.82) is 0 Å². The van der Waals surface area contributed by atoms with Crippen molar-refractivity contribution in [2.45, 2.75) is 50.5 Å². The minimum atomic E-state index is -0.299. The molecule has 8 nitrogen and oxygen atoms in total. The molecule has 2 atom stereocenters.